The summed E-state index contributed by atoms with van der Waals surface area (Å²) in [7, 11) is 0. The number of aryl methyl sites for hydroxylation is 1. The highest BCUT2D eigenvalue weighted by Gasteiger charge is 2.28. The van der Waals surface area contributed by atoms with Crippen LogP contribution in [-0.2, 0) is 6.42 Å². The molecule has 2 rings (SSSR count). The van der Waals surface area contributed by atoms with Crippen LogP contribution in [0.15, 0.2) is 48.5 Å². The number of carbonyl (C=O) groups is 2. The fourth-order valence-electron chi connectivity index (χ4n) is 4.49. The van der Waals surface area contributed by atoms with Crippen molar-refractivity contribution in [3.63, 3.8) is 0 Å². The van der Waals surface area contributed by atoms with Crippen LogP contribution in [0.25, 0.3) is 0 Å². The number of nitrogens with one attached hydrogen (secondary N) is 1. The quantitative estimate of drug-likeness (QED) is 0.306. The van der Waals surface area contributed by atoms with Gasteiger partial charge in [0.2, 0.25) is 0 Å². The molecule has 198 valence electrons. The molecule has 0 fully saturated rings. The van der Waals surface area contributed by atoms with Gasteiger partial charge in [-0.3, -0.25) is 9.59 Å². The second kappa shape index (κ2) is 15.4. The zero-order valence-corrected chi connectivity index (χ0v) is 22.4. The average molecular weight is 497 g/mol. The molecule has 2 aromatic rings. The summed E-state index contributed by atoms with van der Waals surface area (Å²) in [5.74, 6) is -0.449. The van der Waals surface area contributed by atoms with E-state index in [9.17, 15) is 19.8 Å². The Balaban J connectivity index is 2.26. The van der Waals surface area contributed by atoms with Crippen LogP contribution < -0.4 is 5.32 Å². The van der Waals surface area contributed by atoms with Crippen molar-refractivity contribution >= 4 is 11.8 Å². The van der Waals surface area contributed by atoms with Gasteiger partial charge in [-0.25, -0.2) is 0 Å². The molecule has 2 amide bonds. The van der Waals surface area contributed by atoms with Gasteiger partial charge in [-0.15, -0.1) is 0 Å². The van der Waals surface area contributed by atoms with E-state index in [0.29, 0.717) is 37.1 Å². The Morgan fingerprint density at radius 3 is 2.14 bits per heavy atom. The summed E-state index contributed by atoms with van der Waals surface area (Å²) in [6.07, 6.45) is 3.37. The number of amides is 2. The van der Waals surface area contributed by atoms with Crippen molar-refractivity contribution in [2.45, 2.75) is 90.9 Å². The maximum Gasteiger partial charge on any atom is 0.253 e. The molecule has 36 heavy (non-hydrogen) atoms. The summed E-state index contributed by atoms with van der Waals surface area (Å²) < 4.78 is 0. The number of hydrogen-bond acceptors (Lipinski definition) is 4. The summed E-state index contributed by atoms with van der Waals surface area (Å²) in [5.41, 5.74) is 2.63. The molecule has 0 bridgehead atoms. The smallest absolute Gasteiger partial charge is 0.253 e. The van der Waals surface area contributed by atoms with Gasteiger partial charge in [0.05, 0.1) is 12.1 Å². The second-order valence-corrected chi connectivity index (χ2v) is 9.70. The molecule has 6 heteroatoms. The van der Waals surface area contributed by atoms with Gasteiger partial charge in [0.15, 0.2) is 0 Å². The number of hydrogen-bond donors (Lipinski definition) is 3. The molecule has 0 aliphatic rings. The molecule has 0 aromatic heterocycles. The van der Waals surface area contributed by atoms with Gasteiger partial charge in [0.1, 0.15) is 6.10 Å². The largest absolute Gasteiger partial charge is 0.390 e. The standard InChI is InChI=1S/C30H44N2O4/c1-5-8-10-15-27(33)28(34)26(20-23-13-11-9-12-14-23)31-29(35)24-18-22(4)19-25(21-24)30(36)32(16-6-2)17-7-3/h9,11-14,18-19,21,26-28,33-34H,5-8,10,15-17,20H2,1-4H3,(H,31,35). The number of rotatable bonds is 15. The maximum atomic E-state index is 13.4. The van der Waals surface area contributed by atoms with Crippen LogP contribution in [0.3, 0.4) is 0 Å². The van der Waals surface area contributed by atoms with Crippen LogP contribution in [0, 0.1) is 6.92 Å². The number of carbonyl (C=O) groups excluding carboxylic acids is 2. The van der Waals surface area contributed by atoms with Crippen molar-refractivity contribution in [3.8, 4) is 0 Å². The predicted molar refractivity (Wildman–Crippen MR) is 145 cm³/mol. The van der Waals surface area contributed by atoms with Crippen LogP contribution in [0.4, 0.5) is 0 Å². The number of aliphatic hydroxyl groups is 2. The molecule has 2 aromatic carbocycles. The fraction of sp³-hybridized carbons (Fsp3) is 0.533. The number of aliphatic hydroxyl groups excluding tert-OH is 2. The van der Waals surface area contributed by atoms with Crippen molar-refractivity contribution in [3.05, 3.63) is 70.8 Å². The molecular weight excluding hydrogens is 452 g/mol. The van der Waals surface area contributed by atoms with Crippen molar-refractivity contribution in [2.24, 2.45) is 0 Å². The Labute approximate surface area is 216 Å². The van der Waals surface area contributed by atoms with Crippen molar-refractivity contribution in [1.29, 1.82) is 0 Å². The molecule has 0 saturated heterocycles. The van der Waals surface area contributed by atoms with Crippen molar-refractivity contribution in [2.75, 3.05) is 13.1 Å². The Bertz CT molecular complexity index is 941. The minimum atomic E-state index is -1.11. The van der Waals surface area contributed by atoms with Gasteiger partial charge >= 0.3 is 0 Å². The Morgan fingerprint density at radius 1 is 0.889 bits per heavy atom. The summed E-state index contributed by atoms with van der Waals surface area (Å²) in [6.45, 7) is 9.38. The number of nitrogens with zero attached hydrogens (tertiary/aromatic N) is 1. The molecule has 0 radical (unpaired) electrons. The summed E-state index contributed by atoms with van der Waals surface area (Å²) in [4.78, 5) is 28.3. The molecule has 0 saturated carbocycles. The molecule has 0 aliphatic heterocycles. The first-order valence-corrected chi connectivity index (χ1v) is 13.4. The van der Waals surface area contributed by atoms with E-state index in [4.69, 9.17) is 0 Å². The molecule has 3 atom stereocenters. The van der Waals surface area contributed by atoms with E-state index >= 15 is 0 Å². The van der Waals surface area contributed by atoms with E-state index in [1.807, 2.05) is 62.1 Å². The Kier molecular flexibility index (Phi) is 12.6. The predicted octanol–water partition coefficient (Wildman–Crippen LogP) is 4.90. The van der Waals surface area contributed by atoms with Crippen molar-refractivity contribution < 1.29 is 19.8 Å². The van der Waals surface area contributed by atoms with E-state index in [2.05, 4.69) is 12.2 Å². The van der Waals surface area contributed by atoms with Gasteiger partial charge in [-0.2, -0.15) is 0 Å². The zero-order chi connectivity index (χ0) is 26.5. The van der Waals surface area contributed by atoms with Crippen LogP contribution in [-0.4, -0.2) is 58.3 Å². The minimum Gasteiger partial charge on any atom is -0.390 e. The van der Waals surface area contributed by atoms with Crippen LogP contribution >= 0.6 is 0 Å². The lowest BCUT2D eigenvalue weighted by molar-refractivity contribution is -0.00830. The summed E-state index contributed by atoms with van der Waals surface area (Å²) in [5, 5.41) is 24.6. The topological polar surface area (TPSA) is 89.9 Å². The molecule has 0 spiro atoms. The maximum absolute atomic E-state index is 13.4. The van der Waals surface area contributed by atoms with E-state index < -0.39 is 18.2 Å². The first kappa shape index (κ1) is 29.5. The highest BCUT2D eigenvalue weighted by Crippen LogP contribution is 2.17. The van der Waals surface area contributed by atoms with Crippen molar-refractivity contribution in [1.82, 2.24) is 10.2 Å². The van der Waals surface area contributed by atoms with Gasteiger partial charge in [-0.1, -0.05) is 70.4 Å². The van der Waals surface area contributed by atoms with Gasteiger partial charge in [0, 0.05) is 24.2 Å². The van der Waals surface area contributed by atoms with Gasteiger partial charge in [0.25, 0.3) is 11.8 Å². The average Bonchev–Trinajstić information content (AvgIpc) is 2.87. The van der Waals surface area contributed by atoms with E-state index in [-0.39, 0.29) is 11.8 Å². The van der Waals surface area contributed by atoms with E-state index in [0.717, 1.165) is 43.2 Å². The first-order valence-electron chi connectivity index (χ1n) is 13.4. The SMILES string of the molecule is CCCCCC(O)C(O)C(Cc1ccccc1)NC(=O)c1cc(C)cc(C(=O)N(CCC)CCC)c1. The zero-order valence-electron chi connectivity index (χ0n) is 22.4. The minimum absolute atomic E-state index is 0.0799. The highest BCUT2D eigenvalue weighted by molar-refractivity contribution is 6.00. The van der Waals surface area contributed by atoms with Crippen LogP contribution in [0.5, 0.6) is 0 Å². The molecule has 3 unspecified atom stereocenters. The summed E-state index contributed by atoms with van der Waals surface area (Å²) in [6, 6.07) is 14.1. The Morgan fingerprint density at radius 2 is 1.53 bits per heavy atom. The first-order chi connectivity index (χ1) is 17.3. The monoisotopic (exact) mass is 496 g/mol. The molecule has 0 heterocycles. The summed E-state index contributed by atoms with van der Waals surface area (Å²) >= 11 is 0. The second-order valence-electron chi connectivity index (χ2n) is 9.70. The third-order valence-electron chi connectivity index (χ3n) is 6.39. The number of unbranched alkanes of at least 4 members (excludes halogenated alkanes) is 2. The fourth-order valence-corrected chi connectivity index (χ4v) is 4.49. The molecule has 3 N–H and O–H groups in total. The lowest BCUT2D eigenvalue weighted by atomic mass is 9.94. The lowest BCUT2D eigenvalue weighted by Crippen LogP contribution is -2.49. The molecule has 6 nitrogen and oxygen atoms in total. The van der Waals surface area contributed by atoms with Crippen LogP contribution in [0.2, 0.25) is 0 Å². The number of benzene rings is 2. The molecular formula is C30H44N2O4. The van der Waals surface area contributed by atoms with Gasteiger partial charge < -0.3 is 20.4 Å². The van der Waals surface area contributed by atoms with E-state index in [1.54, 1.807) is 12.1 Å². The van der Waals surface area contributed by atoms with Crippen LogP contribution in [0.1, 0.15) is 91.1 Å². The normalized spacial score (nSPS) is 13.6. The highest BCUT2D eigenvalue weighted by atomic mass is 16.3. The lowest BCUT2D eigenvalue weighted by Gasteiger charge is -2.28. The van der Waals surface area contributed by atoms with Gasteiger partial charge in [-0.05, 0) is 61.9 Å². The molecule has 0 aliphatic carbocycles. The third kappa shape index (κ3) is 9.07. The van der Waals surface area contributed by atoms with E-state index in [1.165, 1.54) is 0 Å². The third-order valence-corrected chi connectivity index (χ3v) is 6.39. The Hall–Kier alpha value is -2.70.